The lowest BCUT2D eigenvalue weighted by atomic mass is 9.70. The molecule has 1 atom stereocenters. The number of hydrogen-bond donors (Lipinski definition) is 0. The van der Waals surface area contributed by atoms with Crippen LogP contribution in [0.25, 0.3) is 98.1 Å². The molecule has 336 valence electrons. The Labute approximate surface area is 422 Å². The SMILES string of the molecule is c1ccc(-c2sc(-c3ccccc3)c3c2-c2ccccc2C32c3ccccc3-c3ccc(N(c4ccc(-c5cccc6ccccc56)cc4)c4ccc(-c5cccc6c5oc5ccccc56)cc4)cc32)cc1. The lowest BCUT2D eigenvalue weighted by Gasteiger charge is -2.32. The molecule has 0 saturated carbocycles. The lowest BCUT2D eigenvalue weighted by molar-refractivity contribution is 0.670. The second-order valence-corrected chi connectivity index (χ2v) is 20.1. The van der Waals surface area contributed by atoms with E-state index in [4.69, 9.17) is 4.42 Å². The van der Waals surface area contributed by atoms with E-state index in [0.717, 1.165) is 50.1 Å². The fourth-order valence-electron chi connectivity index (χ4n) is 12.2. The van der Waals surface area contributed by atoms with Crippen molar-refractivity contribution >= 4 is 61.1 Å². The van der Waals surface area contributed by atoms with Gasteiger partial charge in [0.2, 0.25) is 0 Å². The van der Waals surface area contributed by atoms with Gasteiger partial charge in [-0.2, -0.15) is 0 Å². The lowest BCUT2D eigenvalue weighted by Crippen LogP contribution is -2.26. The van der Waals surface area contributed by atoms with Crippen molar-refractivity contribution < 1.29 is 4.42 Å². The number of furan rings is 1. The molecule has 0 fully saturated rings. The highest BCUT2D eigenvalue weighted by atomic mass is 32.1. The number of nitrogens with zero attached hydrogens (tertiary/aromatic N) is 1. The molecule has 0 radical (unpaired) electrons. The molecule has 0 amide bonds. The maximum atomic E-state index is 6.55. The summed E-state index contributed by atoms with van der Waals surface area (Å²) in [7, 11) is 0. The van der Waals surface area contributed by atoms with Crippen molar-refractivity contribution in [1.82, 2.24) is 0 Å². The van der Waals surface area contributed by atoms with Crippen molar-refractivity contribution in [2.75, 3.05) is 4.90 Å². The standard InChI is InChI=1S/C69H43NOS/c1-3-18-47(19-4-1)67-64-59-26-10-13-31-61(59)69(65(64)68(72-67)48-20-5-2-6-21-48)60-30-12-9-24-55(60)56-42-41-51(43-62(56)69)70(49-37-33-45(34-38-49)53-27-15-22-44-17-7-8-23-52(44)53)50-39-35-46(36-40-50)54-28-16-29-58-57-25-11-14-32-63(57)71-66(54)58/h1-43H. The Bertz CT molecular complexity index is 4260. The molecular formula is C69H43NOS. The van der Waals surface area contributed by atoms with Crippen molar-refractivity contribution in [3.63, 3.8) is 0 Å². The monoisotopic (exact) mass is 933 g/mol. The van der Waals surface area contributed by atoms with E-state index >= 15 is 0 Å². The van der Waals surface area contributed by atoms with E-state index in [1.54, 1.807) is 0 Å². The fourth-order valence-corrected chi connectivity index (χ4v) is 13.6. The van der Waals surface area contributed by atoms with Crippen LogP contribution in [-0.2, 0) is 5.41 Å². The van der Waals surface area contributed by atoms with Gasteiger partial charge in [-0.15, -0.1) is 11.3 Å². The number of hydrogen-bond acceptors (Lipinski definition) is 3. The first-order valence-electron chi connectivity index (χ1n) is 24.7. The minimum Gasteiger partial charge on any atom is -0.455 e. The van der Waals surface area contributed by atoms with Crippen molar-refractivity contribution in [2.24, 2.45) is 0 Å². The Hall–Kier alpha value is -9.02. The summed E-state index contributed by atoms with van der Waals surface area (Å²) in [5.41, 5.74) is 22.1. The third-order valence-electron chi connectivity index (χ3n) is 15.3. The third-order valence-corrected chi connectivity index (χ3v) is 16.6. The first kappa shape index (κ1) is 40.8. The highest BCUT2D eigenvalue weighted by molar-refractivity contribution is 7.19. The number of para-hydroxylation sites is 2. The normalized spacial score (nSPS) is 14.2. The van der Waals surface area contributed by atoms with Gasteiger partial charge >= 0.3 is 0 Å². The number of fused-ring (bicyclic) bond motifs is 14. The summed E-state index contributed by atoms with van der Waals surface area (Å²) in [5, 5.41) is 4.74. The second kappa shape index (κ2) is 16.0. The minimum atomic E-state index is -0.582. The predicted octanol–water partition coefficient (Wildman–Crippen LogP) is 19.3. The van der Waals surface area contributed by atoms with Crippen LogP contribution in [-0.4, -0.2) is 0 Å². The van der Waals surface area contributed by atoms with Crippen LogP contribution in [0, 0.1) is 0 Å². The van der Waals surface area contributed by atoms with Gasteiger partial charge in [-0.25, -0.2) is 0 Å². The van der Waals surface area contributed by atoms with E-state index in [1.807, 2.05) is 17.4 Å². The molecule has 2 aromatic heterocycles. The smallest absolute Gasteiger partial charge is 0.143 e. The van der Waals surface area contributed by atoms with Crippen molar-refractivity contribution in [1.29, 1.82) is 0 Å². The van der Waals surface area contributed by atoms with E-state index in [-0.39, 0.29) is 0 Å². The summed E-state index contributed by atoms with van der Waals surface area (Å²) in [5.74, 6) is 0. The molecular weight excluding hydrogens is 891 g/mol. The molecule has 0 saturated heterocycles. The Morgan fingerprint density at radius 3 is 1.60 bits per heavy atom. The first-order chi connectivity index (χ1) is 35.7. The van der Waals surface area contributed by atoms with Gasteiger partial charge in [0.1, 0.15) is 11.2 Å². The van der Waals surface area contributed by atoms with Crippen molar-refractivity contribution in [2.45, 2.75) is 5.41 Å². The van der Waals surface area contributed by atoms with Crippen LogP contribution in [0.1, 0.15) is 22.3 Å². The Morgan fingerprint density at radius 2 is 0.847 bits per heavy atom. The number of anilines is 3. The van der Waals surface area contributed by atoms with Gasteiger partial charge in [-0.1, -0.05) is 218 Å². The summed E-state index contributed by atoms with van der Waals surface area (Å²) in [6.07, 6.45) is 0. The van der Waals surface area contributed by atoms with Crippen molar-refractivity contribution in [3.05, 3.63) is 283 Å². The Morgan fingerprint density at radius 1 is 0.333 bits per heavy atom. The second-order valence-electron chi connectivity index (χ2n) is 19.0. The van der Waals surface area contributed by atoms with Crippen LogP contribution in [0.4, 0.5) is 17.1 Å². The maximum Gasteiger partial charge on any atom is 0.143 e. The maximum absolute atomic E-state index is 6.55. The minimum absolute atomic E-state index is 0.582. The summed E-state index contributed by atoms with van der Waals surface area (Å²) < 4.78 is 6.55. The predicted molar refractivity (Wildman–Crippen MR) is 302 cm³/mol. The molecule has 2 aliphatic carbocycles. The highest BCUT2D eigenvalue weighted by Crippen LogP contribution is 2.68. The molecule has 0 N–H and O–H groups in total. The van der Waals surface area contributed by atoms with Crippen molar-refractivity contribution in [3.8, 4) is 65.4 Å². The molecule has 0 aliphatic heterocycles. The van der Waals surface area contributed by atoms with E-state index in [1.165, 1.54) is 87.3 Å². The van der Waals surface area contributed by atoms with Gasteiger partial charge < -0.3 is 9.32 Å². The fraction of sp³-hybridized carbons (Fsp3) is 0.0145. The van der Waals surface area contributed by atoms with Crippen LogP contribution in [0.5, 0.6) is 0 Å². The summed E-state index contributed by atoms with van der Waals surface area (Å²) in [6, 6.07) is 95.9. The van der Waals surface area contributed by atoms with Gasteiger partial charge in [0.25, 0.3) is 0 Å². The molecule has 2 aliphatic rings. The quantitative estimate of drug-likeness (QED) is 0.158. The first-order valence-corrected chi connectivity index (χ1v) is 25.6. The van der Waals surface area contributed by atoms with Crippen LogP contribution >= 0.6 is 11.3 Å². The van der Waals surface area contributed by atoms with E-state index in [9.17, 15) is 0 Å². The number of rotatable bonds is 7. The number of thiophene rings is 1. The molecule has 3 heteroatoms. The molecule has 15 rings (SSSR count). The zero-order chi connectivity index (χ0) is 47.3. The number of benzene rings is 11. The van der Waals surface area contributed by atoms with Gasteiger partial charge in [0.15, 0.2) is 0 Å². The highest BCUT2D eigenvalue weighted by Gasteiger charge is 2.54. The molecule has 1 spiro atoms. The summed E-state index contributed by atoms with van der Waals surface area (Å²) in [6.45, 7) is 0. The van der Waals surface area contributed by atoms with Crippen LogP contribution in [0.15, 0.2) is 265 Å². The molecule has 2 nitrogen and oxygen atoms in total. The molecule has 1 unspecified atom stereocenters. The molecule has 0 bridgehead atoms. The van der Waals surface area contributed by atoms with Crippen LogP contribution < -0.4 is 4.90 Å². The van der Waals surface area contributed by atoms with Gasteiger partial charge in [0, 0.05) is 48.7 Å². The topological polar surface area (TPSA) is 16.4 Å². The zero-order valence-corrected chi connectivity index (χ0v) is 39.9. The third kappa shape index (κ3) is 5.95. The van der Waals surface area contributed by atoms with Gasteiger partial charge in [-0.3, -0.25) is 0 Å². The molecule has 72 heavy (non-hydrogen) atoms. The van der Waals surface area contributed by atoms with E-state index in [0.29, 0.717) is 0 Å². The van der Waals surface area contributed by atoms with Gasteiger partial charge in [0.05, 0.1) is 5.41 Å². The molecule has 2 heterocycles. The van der Waals surface area contributed by atoms with Crippen LogP contribution in [0.3, 0.4) is 0 Å². The average molecular weight is 934 g/mol. The van der Waals surface area contributed by atoms with E-state index < -0.39 is 5.41 Å². The van der Waals surface area contributed by atoms with Gasteiger partial charge in [-0.05, 0) is 120 Å². The van der Waals surface area contributed by atoms with Crippen LogP contribution in [0.2, 0.25) is 0 Å². The average Bonchev–Trinajstić information content (AvgIpc) is 4.20. The molecule has 13 aromatic rings. The Kier molecular flexibility index (Phi) is 9.08. The largest absolute Gasteiger partial charge is 0.455 e. The Balaban J connectivity index is 0.956. The summed E-state index contributed by atoms with van der Waals surface area (Å²) >= 11 is 1.93. The molecule has 11 aromatic carbocycles. The zero-order valence-electron chi connectivity index (χ0n) is 39.1. The summed E-state index contributed by atoms with van der Waals surface area (Å²) in [4.78, 5) is 5.06. The van der Waals surface area contributed by atoms with E-state index in [2.05, 4.69) is 260 Å².